The first-order chi connectivity index (χ1) is 16.4. The molecule has 3 heterocycles. The molecule has 174 valence electrons. The molecule has 34 heavy (non-hydrogen) atoms. The van der Waals surface area contributed by atoms with Gasteiger partial charge in [-0.1, -0.05) is 6.92 Å². The molecule has 2 aliphatic rings. The second kappa shape index (κ2) is 8.57. The van der Waals surface area contributed by atoms with Crippen LogP contribution in [-0.2, 0) is 9.59 Å². The lowest BCUT2D eigenvalue weighted by Crippen LogP contribution is -2.47. The number of fused-ring (bicyclic) bond motifs is 2. The van der Waals surface area contributed by atoms with E-state index in [0.717, 1.165) is 16.3 Å². The molecule has 0 radical (unpaired) electrons. The molecule has 1 atom stereocenters. The molecule has 2 aliphatic heterocycles. The van der Waals surface area contributed by atoms with E-state index in [4.69, 9.17) is 9.47 Å². The average molecular weight is 478 g/mol. The van der Waals surface area contributed by atoms with Crippen molar-refractivity contribution in [3.8, 4) is 22.8 Å². The monoisotopic (exact) mass is 477 g/mol. The van der Waals surface area contributed by atoms with Gasteiger partial charge in [0.15, 0.2) is 18.5 Å². The molecule has 0 N–H and O–H groups in total. The topological polar surface area (TPSA) is 89.0 Å². The molecule has 0 saturated heterocycles. The van der Waals surface area contributed by atoms with Crippen LogP contribution in [0.15, 0.2) is 41.8 Å². The molecule has 0 fully saturated rings. The number of nitrogens with zero attached hydrogens (tertiary/aromatic N) is 3. The van der Waals surface area contributed by atoms with Gasteiger partial charge in [0.05, 0.1) is 28.6 Å². The molecule has 3 aromatic rings. The summed E-state index contributed by atoms with van der Waals surface area (Å²) in [7, 11) is 1.65. The van der Waals surface area contributed by atoms with Gasteiger partial charge >= 0.3 is 0 Å². The molecular formula is C25H23N3O5S. The smallest absolute Gasteiger partial charge is 0.268 e. The minimum absolute atomic E-state index is 0.0326. The molecule has 1 unspecified atom stereocenters. The maximum Gasteiger partial charge on any atom is 0.268 e. The van der Waals surface area contributed by atoms with E-state index >= 15 is 0 Å². The van der Waals surface area contributed by atoms with E-state index in [1.165, 1.54) is 9.80 Å². The van der Waals surface area contributed by atoms with E-state index in [-0.39, 0.29) is 30.7 Å². The molecule has 0 aliphatic carbocycles. The van der Waals surface area contributed by atoms with E-state index in [1.807, 2.05) is 37.4 Å². The zero-order valence-electron chi connectivity index (χ0n) is 19.0. The van der Waals surface area contributed by atoms with Gasteiger partial charge in [-0.05, 0) is 49.7 Å². The Balaban J connectivity index is 1.49. The number of benzene rings is 2. The second-order valence-electron chi connectivity index (χ2n) is 8.22. The molecule has 0 spiro atoms. The number of amides is 2. The number of hydrogen-bond acceptors (Lipinski definition) is 7. The number of carbonyl (C=O) groups is 3. The van der Waals surface area contributed by atoms with Crippen molar-refractivity contribution in [3.63, 3.8) is 0 Å². The summed E-state index contributed by atoms with van der Waals surface area (Å²) < 4.78 is 11.4. The predicted molar refractivity (Wildman–Crippen MR) is 129 cm³/mol. The number of thiazole rings is 1. The highest BCUT2D eigenvalue weighted by Gasteiger charge is 2.35. The highest BCUT2D eigenvalue weighted by molar-refractivity contribution is 7.09. The zero-order chi connectivity index (χ0) is 24.0. The summed E-state index contributed by atoms with van der Waals surface area (Å²) >= 11 is 1.55. The highest BCUT2D eigenvalue weighted by atomic mass is 32.1. The zero-order valence-corrected chi connectivity index (χ0v) is 19.8. The Bertz CT molecular complexity index is 1320. The van der Waals surface area contributed by atoms with Crippen molar-refractivity contribution in [2.75, 3.05) is 30.0 Å². The fourth-order valence-corrected chi connectivity index (χ4v) is 4.70. The molecule has 5 rings (SSSR count). The van der Waals surface area contributed by atoms with Crippen LogP contribution < -0.4 is 19.3 Å². The largest absolute Gasteiger partial charge is 0.482 e. The van der Waals surface area contributed by atoms with E-state index in [0.29, 0.717) is 34.9 Å². The molecule has 1 aromatic heterocycles. The Kier molecular flexibility index (Phi) is 5.57. The van der Waals surface area contributed by atoms with Gasteiger partial charge in [0.1, 0.15) is 11.5 Å². The fourth-order valence-electron chi connectivity index (χ4n) is 4.08. The van der Waals surface area contributed by atoms with Crippen molar-refractivity contribution < 1.29 is 23.9 Å². The first-order valence-corrected chi connectivity index (χ1v) is 11.8. The molecular weight excluding hydrogens is 454 g/mol. The number of aromatic nitrogens is 1. The lowest BCUT2D eigenvalue weighted by Gasteiger charge is -2.34. The summed E-state index contributed by atoms with van der Waals surface area (Å²) in [6, 6.07) is 10.5. The van der Waals surface area contributed by atoms with Gasteiger partial charge in [-0.3, -0.25) is 19.3 Å². The Morgan fingerprint density at radius 3 is 2.68 bits per heavy atom. The highest BCUT2D eigenvalue weighted by Crippen LogP contribution is 2.39. The van der Waals surface area contributed by atoms with Gasteiger partial charge < -0.3 is 14.4 Å². The van der Waals surface area contributed by atoms with Crippen molar-refractivity contribution in [1.82, 2.24) is 4.98 Å². The number of rotatable bonds is 5. The number of Topliss-reactive ketones (excluding diaryl/α,β-unsaturated/α-hetero) is 1. The molecule has 8 nitrogen and oxygen atoms in total. The van der Waals surface area contributed by atoms with Crippen LogP contribution in [0.2, 0.25) is 0 Å². The number of hydrogen-bond donors (Lipinski definition) is 0. The minimum atomic E-state index is -0.659. The van der Waals surface area contributed by atoms with Gasteiger partial charge in [0.2, 0.25) is 0 Å². The second-order valence-corrected chi connectivity index (χ2v) is 9.28. The average Bonchev–Trinajstić information content (AvgIpc) is 3.28. The van der Waals surface area contributed by atoms with Crippen LogP contribution in [0.25, 0.3) is 11.3 Å². The molecule has 2 amide bonds. The SMILES string of the molecule is CCC1Oc2ccc(-c3csc(C)n3)cc2N(CC(=O)c2ccc3c(c2)N(C)C(=O)CO3)C1=O. The molecule has 2 aromatic carbocycles. The number of carbonyl (C=O) groups excluding carboxylic acids is 3. The Labute approximate surface area is 200 Å². The predicted octanol–water partition coefficient (Wildman–Crippen LogP) is 3.86. The van der Waals surface area contributed by atoms with Gasteiger partial charge in [0.25, 0.3) is 11.8 Å². The van der Waals surface area contributed by atoms with E-state index in [1.54, 1.807) is 36.6 Å². The van der Waals surface area contributed by atoms with Crippen LogP contribution in [0.3, 0.4) is 0 Å². The van der Waals surface area contributed by atoms with E-state index < -0.39 is 6.10 Å². The summed E-state index contributed by atoms with van der Waals surface area (Å²) in [5.74, 6) is 0.397. The van der Waals surface area contributed by atoms with E-state index in [2.05, 4.69) is 4.98 Å². The number of aryl methyl sites for hydroxylation is 1. The van der Waals surface area contributed by atoms with Crippen molar-refractivity contribution >= 4 is 40.3 Å². The van der Waals surface area contributed by atoms with Crippen LogP contribution in [0.4, 0.5) is 11.4 Å². The van der Waals surface area contributed by atoms with Gasteiger partial charge in [-0.2, -0.15) is 0 Å². The summed E-state index contributed by atoms with van der Waals surface area (Å²) in [5.41, 5.74) is 3.12. The number of ether oxygens (including phenoxy) is 2. The van der Waals surface area contributed by atoms with Crippen LogP contribution in [0.5, 0.6) is 11.5 Å². The maximum atomic E-state index is 13.3. The van der Waals surface area contributed by atoms with Crippen LogP contribution in [0, 0.1) is 6.92 Å². The van der Waals surface area contributed by atoms with Crippen LogP contribution in [0.1, 0.15) is 28.7 Å². The molecule has 0 saturated carbocycles. The third-order valence-corrected chi connectivity index (χ3v) is 6.79. The number of anilines is 2. The minimum Gasteiger partial charge on any atom is -0.482 e. The quantitative estimate of drug-likeness (QED) is 0.519. The van der Waals surface area contributed by atoms with Crippen molar-refractivity contribution in [3.05, 3.63) is 52.3 Å². The summed E-state index contributed by atoms with van der Waals surface area (Å²) in [4.78, 5) is 46.0. The molecule has 9 heteroatoms. The van der Waals surface area contributed by atoms with Crippen LogP contribution in [-0.4, -0.2) is 48.9 Å². The normalized spacial score (nSPS) is 17.1. The molecule has 0 bridgehead atoms. The van der Waals surface area contributed by atoms with Crippen molar-refractivity contribution in [2.24, 2.45) is 0 Å². The Morgan fingerprint density at radius 2 is 1.94 bits per heavy atom. The van der Waals surface area contributed by atoms with Crippen molar-refractivity contribution in [2.45, 2.75) is 26.4 Å². The van der Waals surface area contributed by atoms with Gasteiger partial charge in [-0.25, -0.2) is 4.98 Å². The third-order valence-electron chi connectivity index (χ3n) is 6.02. The van der Waals surface area contributed by atoms with Crippen molar-refractivity contribution in [1.29, 1.82) is 0 Å². The number of likely N-dealkylation sites (N-methyl/N-ethyl adjacent to an activating group) is 1. The lowest BCUT2D eigenvalue weighted by molar-refractivity contribution is -0.126. The summed E-state index contributed by atoms with van der Waals surface area (Å²) in [5, 5.41) is 2.90. The lowest BCUT2D eigenvalue weighted by atomic mass is 10.0. The Morgan fingerprint density at radius 1 is 1.15 bits per heavy atom. The van der Waals surface area contributed by atoms with Gasteiger partial charge in [-0.15, -0.1) is 11.3 Å². The van der Waals surface area contributed by atoms with Gasteiger partial charge in [0, 0.05) is 23.6 Å². The first kappa shape index (κ1) is 22.1. The first-order valence-electron chi connectivity index (χ1n) is 11.0. The summed E-state index contributed by atoms with van der Waals surface area (Å²) in [6.07, 6.45) is -0.174. The number of ketones is 1. The van der Waals surface area contributed by atoms with Crippen LogP contribution >= 0.6 is 11.3 Å². The third kappa shape index (κ3) is 3.81. The fraction of sp³-hybridized carbons (Fsp3) is 0.280. The summed E-state index contributed by atoms with van der Waals surface area (Å²) in [6.45, 7) is 3.62. The standard InChI is InChI=1S/C25H23N3O5S/c1-4-21-25(31)28(19-9-15(5-8-23(19)33-21)17-13-34-14(2)26-17)11-20(29)16-6-7-22-18(10-16)27(3)24(30)12-32-22/h5-10,13,21H,4,11-12H2,1-3H3. The Hall–Kier alpha value is -3.72. The van der Waals surface area contributed by atoms with E-state index in [9.17, 15) is 14.4 Å². The maximum absolute atomic E-state index is 13.3.